The van der Waals surface area contributed by atoms with Crippen molar-refractivity contribution >= 4 is 11.9 Å². The lowest BCUT2D eigenvalue weighted by Crippen LogP contribution is -2.45. The van der Waals surface area contributed by atoms with Gasteiger partial charge in [0.05, 0.1) is 6.54 Å². The third kappa shape index (κ3) is 5.14. The molecule has 1 amide bonds. The smallest absolute Gasteiger partial charge is 0.236 e. The zero-order valence-electron chi connectivity index (χ0n) is 14.6. The topological polar surface area (TPSA) is 64.6 Å². The third-order valence-electron chi connectivity index (χ3n) is 4.25. The second kappa shape index (κ2) is 8.21. The van der Waals surface area contributed by atoms with Crippen molar-refractivity contribution < 1.29 is 4.79 Å². The number of nitrogens with zero attached hydrogens (tertiary/aromatic N) is 5. The van der Waals surface area contributed by atoms with Crippen LogP contribution in [0.4, 0.5) is 5.95 Å². The molecule has 1 aromatic heterocycles. The van der Waals surface area contributed by atoms with E-state index in [0.29, 0.717) is 25.1 Å². The summed E-state index contributed by atoms with van der Waals surface area (Å²) in [5.41, 5.74) is 0.941. The molecule has 0 bridgehead atoms. The molecule has 23 heavy (non-hydrogen) atoms. The van der Waals surface area contributed by atoms with Gasteiger partial charge in [0.25, 0.3) is 0 Å². The quantitative estimate of drug-likeness (QED) is 0.807. The number of carbonyl (C=O) groups is 1. The maximum Gasteiger partial charge on any atom is 0.236 e. The number of anilines is 1. The number of amides is 1. The molecule has 2 heterocycles. The maximum absolute atomic E-state index is 12.4. The number of likely N-dealkylation sites (N-methyl/N-ethyl adjacent to an activating group) is 2. The minimum Gasteiger partial charge on any atom is -0.347 e. The van der Waals surface area contributed by atoms with Crippen molar-refractivity contribution in [3.05, 3.63) is 18.0 Å². The lowest BCUT2D eigenvalue weighted by Gasteiger charge is -2.32. The Hall–Kier alpha value is -1.73. The minimum atomic E-state index is 0.128. The van der Waals surface area contributed by atoms with Crippen molar-refractivity contribution in [3.8, 4) is 0 Å². The Kier molecular flexibility index (Phi) is 6.29. The molecule has 1 aliphatic heterocycles. The predicted octanol–water partition coefficient (Wildman–Crippen LogP) is 0.185. The van der Waals surface area contributed by atoms with Gasteiger partial charge >= 0.3 is 0 Å². The van der Waals surface area contributed by atoms with E-state index in [9.17, 15) is 4.79 Å². The maximum atomic E-state index is 12.4. The average Bonchev–Trinajstić information content (AvgIpc) is 2.56. The Morgan fingerprint density at radius 1 is 1.17 bits per heavy atom. The van der Waals surface area contributed by atoms with Gasteiger partial charge in [0.15, 0.2) is 0 Å². The first-order chi connectivity index (χ1) is 11.0. The Morgan fingerprint density at radius 2 is 1.78 bits per heavy atom. The summed E-state index contributed by atoms with van der Waals surface area (Å²) in [4.78, 5) is 26.7. The van der Waals surface area contributed by atoms with Crippen molar-refractivity contribution in [2.24, 2.45) is 0 Å². The van der Waals surface area contributed by atoms with Crippen LogP contribution in [0.15, 0.2) is 12.4 Å². The van der Waals surface area contributed by atoms with Crippen LogP contribution in [-0.4, -0.2) is 79.5 Å². The zero-order chi connectivity index (χ0) is 16.8. The SMILES string of the molecule is CN(Cc1cnc(N(C)C)nc1)C(=O)CN(C)C1CCNCC1. The van der Waals surface area contributed by atoms with Gasteiger partial charge in [-0.15, -0.1) is 0 Å². The Bertz CT molecular complexity index is 498. The van der Waals surface area contributed by atoms with Crippen molar-refractivity contribution in [1.29, 1.82) is 0 Å². The van der Waals surface area contributed by atoms with Gasteiger partial charge in [0.2, 0.25) is 11.9 Å². The van der Waals surface area contributed by atoms with Gasteiger partial charge in [-0.05, 0) is 33.0 Å². The summed E-state index contributed by atoms with van der Waals surface area (Å²) >= 11 is 0. The Balaban J connectivity index is 1.84. The standard InChI is InChI=1S/C16H28N6O/c1-20(2)16-18-9-13(10-19-16)11-22(4)15(23)12-21(3)14-5-7-17-8-6-14/h9-10,14,17H,5-8,11-12H2,1-4H3. The summed E-state index contributed by atoms with van der Waals surface area (Å²) in [6.45, 7) is 3.06. The molecule has 0 saturated carbocycles. The van der Waals surface area contributed by atoms with Crippen LogP contribution in [0, 0.1) is 0 Å². The van der Waals surface area contributed by atoms with E-state index in [-0.39, 0.29) is 5.91 Å². The summed E-state index contributed by atoms with van der Waals surface area (Å²) in [6, 6.07) is 0.497. The van der Waals surface area contributed by atoms with Crippen LogP contribution in [0.3, 0.4) is 0 Å². The van der Waals surface area contributed by atoms with E-state index in [2.05, 4.69) is 20.2 Å². The molecule has 0 radical (unpaired) electrons. The van der Waals surface area contributed by atoms with E-state index in [0.717, 1.165) is 31.5 Å². The molecule has 2 rings (SSSR count). The van der Waals surface area contributed by atoms with E-state index < -0.39 is 0 Å². The van der Waals surface area contributed by atoms with Gasteiger partial charge in [-0.2, -0.15) is 0 Å². The summed E-state index contributed by atoms with van der Waals surface area (Å²) < 4.78 is 0. The van der Waals surface area contributed by atoms with Crippen molar-refractivity contribution in [2.45, 2.75) is 25.4 Å². The molecular weight excluding hydrogens is 292 g/mol. The monoisotopic (exact) mass is 320 g/mol. The molecule has 0 unspecified atom stereocenters. The van der Waals surface area contributed by atoms with Gasteiger partial charge in [0.1, 0.15) is 0 Å². The molecule has 1 aliphatic rings. The zero-order valence-corrected chi connectivity index (χ0v) is 14.6. The number of nitrogens with one attached hydrogen (secondary N) is 1. The molecule has 7 nitrogen and oxygen atoms in total. The van der Waals surface area contributed by atoms with Crippen molar-refractivity contribution in [1.82, 2.24) is 25.1 Å². The summed E-state index contributed by atoms with van der Waals surface area (Å²) in [6.07, 6.45) is 5.77. The van der Waals surface area contributed by atoms with Gasteiger partial charge in [-0.25, -0.2) is 9.97 Å². The number of hydrogen-bond donors (Lipinski definition) is 1. The second-order valence-electron chi connectivity index (χ2n) is 6.43. The van der Waals surface area contributed by atoms with Crippen LogP contribution in [0.5, 0.6) is 0 Å². The summed E-state index contributed by atoms with van der Waals surface area (Å²) in [5.74, 6) is 0.802. The van der Waals surface area contributed by atoms with E-state index in [4.69, 9.17) is 0 Å². The highest BCUT2D eigenvalue weighted by Crippen LogP contribution is 2.10. The normalized spacial score (nSPS) is 15.7. The van der Waals surface area contributed by atoms with Gasteiger partial charge < -0.3 is 15.1 Å². The number of hydrogen-bond acceptors (Lipinski definition) is 6. The van der Waals surface area contributed by atoms with E-state index in [1.165, 1.54) is 0 Å². The summed E-state index contributed by atoms with van der Waals surface area (Å²) in [7, 11) is 7.68. The van der Waals surface area contributed by atoms with Crippen LogP contribution in [-0.2, 0) is 11.3 Å². The first-order valence-electron chi connectivity index (χ1n) is 8.10. The minimum absolute atomic E-state index is 0.128. The average molecular weight is 320 g/mol. The molecule has 128 valence electrons. The number of rotatable bonds is 6. The Morgan fingerprint density at radius 3 is 2.35 bits per heavy atom. The highest BCUT2D eigenvalue weighted by atomic mass is 16.2. The molecule has 0 aliphatic carbocycles. The van der Waals surface area contributed by atoms with Gasteiger partial charge in [-0.1, -0.05) is 0 Å². The van der Waals surface area contributed by atoms with Crippen LogP contribution < -0.4 is 10.2 Å². The molecule has 1 N–H and O–H groups in total. The van der Waals surface area contributed by atoms with Crippen molar-refractivity contribution in [2.75, 3.05) is 52.7 Å². The fourth-order valence-electron chi connectivity index (χ4n) is 2.73. The molecule has 1 saturated heterocycles. The van der Waals surface area contributed by atoms with Gasteiger partial charge in [0, 0.05) is 51.7 Å². The largest absolute Gasteiger partial charge is 0.347 e. The number of carbonyl (C=O) groups excluding carboxylic acids is 1. The third-order valence-corrected chi connectivity index (χ3v) is 4.25. The van der Waals surface area contributed by atoms with Gasteiger partial charge in [-0.3, -0.25) is 9.69 Å². The van der Waals surface area contributed by atoms with Crippen LogP contribution in [0.1, 0.15) is 18.4 Å². The molecule has 0 spiro atoms. The molecule has 0 atom stereocenters. The molecule has 0 aromatic carbocycles. The molecule has 1 aromatic rings. The van der Waals surface area contributed by atoms with Crippen LogP contribution >= 0.6 is 0 Å². The van der Waals surface area contributed by atoms with Crippen LogP contribution in [0.2, 0.25) is 0 Å². The molecular formula is C16H28N6O. The lowest BCUT2D eigenvalue weighted by molar-refractivity contribution is -0.132. The number of piperidine rings is 1. The molecule has 7 heteroatoms. The summed E-state index contributed by atoms with van der Waals surface area (Å²) in [5, 5.41) is 3.35. The van der Waals surface area contributed by atoms with E-state index in [1.54, 1.807) is 17.3 Å². The molecule has 1 fully saturated rings. The number of aromatic nitrogens is 2. The highest BCUT2D eigenvalue weighted by Gasteiger charge is 2.21. The Labute approximate surface area is 138 Å². The van der Waals surface area contributed by atoms with E-state index in [1.807, 2.05) is 33.1 Å². The first-order valence-corrected chi connectivity index (χ1v) is 8.10. The predicted molar refractivity (Wildman–Crippen MR) is 91.4 cm³/mol. The fourth-order valence-corrected chi connectivity index (χ4v) is 2.73. The first kappa shape index (κ1) is 17.6. The lowest BCUT2D eigenvalue weighted by atomic mass is 10.1. The van der Waals surface area contributed by atoms with Crippen molar-refractivity contribution in [3.63, 3.8) is 0 Å². The second-order valence-corrected chi connectivity index (χ2v) is 6.43. The fraction of sp³-hybridized carbons (Fsp3) is 0.688. The van der Waals surface area contributed by atoms with Crippen LogP contribution in [0.25, 0.3) is 0 Å². The highest BCUT2D eigenvalue weighted by molar-refractivity contribution is 5.78. The van der Waals surface area contributed by atoms with E-state index >= 15 is 0 Å².